The standard InChI is InChI=1S/C17H15Cl2N3O2/c1-8-4-10-9(7-21-8)5-11(22-17(10)20)14-15(18)12(23-2)6-13(24-3)16(14)19/h4-7H,1-3H3,(H2,20,22). The van der Waals surface area contributed by atoms with E-state index >= 15 is 0 Å². The molecule has 3 rings (SSSR count). The fraction of sp³-hybridized carbons (Fsp3) is 0.176. The lowest BCUT2D eigenvalue weighted by Crippen LogP contribution is -1.98. The smallest absolute Gasteiger partial charge is 0.141 e. The molecule has 0 unspecified atom stereocenters. The Labute approximate surface area is 149 Å². The summed E-state index contributed by atoms with van der Waals surface area (Å²) >= 11 is 12.9. The number of pyridine rings is 2. The number of methoxy groups -OCH3 is 2. The second-order valence-electron chi connectivity index (χ2n) is 5.22. The summed E-state index contributed by atoms with van der Waals surface area (Å²) in [6.45, 7) is 1.90. The van der Waals surface area contributed by atoms with Crippen molar-refractivity contribution in [2.24, 2.45) is 0 Å². The third-order valence-electron chi connectivity index (χ3n) is 3.71. The van der Waals surface area contributed by atoms with Crippen LogP contribution in [0.4, 0.5) is 5.82 Å². The quantitative estimate of drug-likeness (QED) is 0.740. The summed E-state index contributed by atoms with van der Waals surface area (Å²) in [6.07, 6.45) is 1.74. The highest BCUT2D eigenvalue weighted by Gasteiger charge is 2.20. The minimum absolute atomic E-state index is 0.342. The molecular weight excluding hydrogens is 349 g/mol. The molecule has 2 heterocycles. The van der Waals surface area contributed by atoms with E-state index < -0.39 is 0 Å². The van der Waals surface area contributed by atoms with E-state index in [9.17, 15) is 0 Å². The Kier molecular flexibility index (Phi) is 4.39. The maximum absolute atomic E-state index is 6.44. The number of nitrogen functional groups attached to an aromatic ring is 1. The van der Waals surface area contributed by atoms with Gasteiger partial charge in [-0.1, -0.05) is 23.2 Å². The fourth-order valence-corrected chi connectivity index (χ4v) is 3.21. The SMILES string of the molecule is COc1cc(OC)c(Cl)c(-c2cc3cnc(C)cc3c(N)n2)c1Cl. The lowest BCUT2D eigenvalue weighted by Gasteiger charge is -2.15. The first kappa shape index (κ1) is 16.6. The Morgan fingerprint density at radius 1 is 1.00 bits per heavy atom. The van der Waals surface area contributed by atoms with Crippen LogP contribution in [-0.4, -0.2) is 24.2 Å². The maximum atomic E-state index is 6.44. The predicted octanol–water partition coefficient (Wildman–Crippen LogP) is 4.51. The van der Waals surface area contributed by atoms with Crippen molar-refractivity contribution in [2.75, 3.05) is 20.0 Å². The lowest BCUT2D eigenvalue weighted by molar-refractivity contribution is 0.395. The number of aromatic nitrogens is 2. The van der Waals surface area contributed by atoms with Gasteiger partial charge < -0.3 is 15.2 Å². The second kappa shape index (κ2) is 6.34. The minimum Gasteiger partial charge on any atom is -0.495 e. The largest absolute Gasteiger partial charge is 0.495 e. The summed E-state index contributed by atoms with van der Waals surface area (Å²) < 4.78 is 10.6. The number of halogens is 2. The molecule has 0 radical (unpaired) electrons. The van der Waals surface area contributed by atoms with Crippen molar-refractivity contribution in [1.29, 1.82) is 0 Å². The highest BCUT2D eigenvalue weighted by Crippen LogP contribution is 2.46. The van der Waals surface area contributed by atoms with Crippen molar-refractivity contribution in [3.8, 4) is 22.8 Å². The van der Waals surface area contributed by atoms with E-state index in [1.807, 2.05) is 19.1 Å². The number of nitrogens with zero attached hydrogens (tertiary/aromatic N) is 2. The molecule has 0 aliphatic rings. The molecule has 0 aliphatic carbocycles. The molecule has 124 valence electrons. The Balaban J connectivity index is 2.33. The van der Waals surface area contributed by atoms with Crippen molar-refractivity contribution in [2.45, 2.75) is 6.92 Å². The van der Waals surface area contributed by atoms with Crippen LogP contribution >= 0.6 is 23.2 Å². The maximum Gasteiger partial charge on any atom is 0.141 e. The normalized spacial score (nSPS) is 10.9. The molecule has 2 aromatic heterocycles. The van der Waals surface area contributed by atoms with Crippen LogP contribution in [0.15, 0.2) is 24.4 Å². The summed E-state index contributed by atoms with van der Waals surface area (Å²) in [6, 6.07) is 5.35. The van der Waals surface area contributed by atoms with Gasteiger partial charge in [-0.25, -0.2) is 4.98 Å². The first-order chi connectivity index (χ1) is 11.5. The van der Waals surface area contributed by atoms with E-state index in [1.54, 1.807) is 12.3 Å². The minimum atomic E-state index is 0.342. The molecule has 0 aliphatic heterocycles. The Morgan fingerprint density at radius 2 is 1.62 bits per heavy atom. The molecule has 0 fully saturated rings. The van der Waals surface area contributed by atoms with Crippen LogP contribution in [0, 0.1) is 6.92 Å². The molecule has 5 nitrogen and oxygen atoms in total. The predicted molar refractivity (Wildman–Crippen MR) is 97.2 cm³/mol. The van der Waals surface area contributed by atoms with E-state index in [4.69, 9.17) is 38.4 Å². The molecule has 7 heteroatoms. The Morgan fingerprint density at radius 3 is 2.21 bits per heavy atom. The van der Waals surface area contributed by atoms with Gasteiger partial charge in [-0.15, -0.1) is 0 Å². The van der Waals surface area contributed by atoms with Crippen LogP contribution in [0.3, 0.4) is 0 Å². The summed E-state index contributed by atoms with van der Waals surface area (Å²) in [5.74, 6) is 1.26. The summed E-state index contributed by atoms with van der Waals surface area (Å²) in [5.41, 5.74) is 8.01. The molecule has 0 spiro atoms. The number of fused-ring (bicyclic) bond motifs is 1. The third kappa shape index (κ3) is 2.70. The molecule has 0 saturated heterocycles. The Hall–Kier alpha value is -2.24. The van der Waals surface area contributed by atoms with Crippen molar-refractivity contribution in [1.82, 2.24) is 9.97 Å². The highest BCUT2D eigenvalue weighted by atomic mass is 35.5. The van der Waals surface area contributed by atoms with E-state index in [0.717, 1.165) is 16.5 Å². The van der Waals surface area contributed by atoms with Crippen LogP contribution in [0.5, 0.6) is 11.5 Å². The second-order valence-corrected chi connectivity index (χ2v) is 5.98. The zero-order valence-corrected chi connectivity index (χ0v) is 14.9. The van der Waals surface area contributed by atoms with Gasteiger partial charge in [-0.3, -0.25) is 4.98 Å². The van der Waals surface area contributed by atoms with Gasteiger partial charge in [-0.2, -0.15) is 0 Å². The first-order valence-corrected chi connectivity index (χ1v) is 7.85. The van der Waals surface area contributed by atoms with E-state index in [2.05, 4.69) is 9.97 Å². The zero-order chi connectivity index (χ0) is 17.4. The number of benzene rings is 1. The van der Waals surface area contributed by atoms with Gasteiger partial charge in [0.05, 0.1) is 30.0 Å². The first-order valence-electron chi connectivity index (χ1n) is 7.09. The van der Waals surface area contributed by atoms with Gasteiger partial charge in [0.25, 0.3) is 0 Å². The molecule has 24 heavy (non-hydrogen) atoms. The van der Waals surface area contributed by atoms with Crippen molar-refractivity contribution in [3.63, 3.8) is 0 Å². The Bertz CT molecular complexity index is 917. The lowest BCUT2D eigenvalue weighted by atomic mass is 10.1. The number of anilines is 1. The van der Waals surface area contributed by atoms with Gasteiger partial charge in [0.2, 0.25) is 0 Å². The monoisotopic (exact) mass is 363 g/mol. The number of rotatable bonds is 3. The fourth-order valence-electron chi connectivity index (χ4n) is 2.52. The van der Waals surface area contributed by atoms with Crippen LogP contribution in [-0.2, 0) is 0 Å². The highest BCUT2D eigenvalue weighted by molar-refractivity contribution is 6.41. The van der Waals surface area contributed by atoms with Gasteiger partial charge in [0.15, 0.2) is 0 Å². The van der Waals surface area contributed by atoms with Crippen molar-refractivity contribution < 1.29 is 9.47 Å². The number of hydrogen-bond donors (Lipinski definition) is 1. The van der Waals surface area contributed by atoms with E-state index in [-0.39, 0.29) is 0 Å². The molecule has 0 bridgehead atoms. The van der Waals surface area contributed by atoms with Crippen molar-refractivity contribution >= 4 is 39.8 Å². The average molecular weight is 364 g/mol. The average Bonchev–Trinajstić information content (AvgIpc) is 2.56. The molecule has 0 saturated carbocycles. The molecule has 0 atom stereocenters. The topological polar surface area (TPSA) is 70.3 Å². The third-order valence-corrected chi connectivity index (χ3v) is 4.46. The van der Waals surface area contributed by atoms with E-state index in [1.165, 1.54) is 14.2 Å². The summed E-state index contributed by atoms with van der Waals surface area (Å²) in [5, 5.41) is 2.36. The van der Waals surface area contributed by atoms with Gasteiger partial charge >= 0.3 is 0 Å². The number of hydrogen-bond acceptors (Lipinski definition) is 5. The zero-order valence-electron chi connectivity index (χ0n) is 13.4. The van der Waals surface area contributed by atoms with Crippen LogP contribution in [0.1, 0.15) is 5.69 Å². The van der Waals surface area contributed by atoms with Gasteiger partial charge in [0, 0.05) is 34.3 Å². The molecule has 1 aromatic carbocycles. The van der Waals surface area contributed by atoms with Gasteiger partial charge in [-0.05, 0) is 19.1 Å². The number of ether oxygens (including phenoxy) is 2. The molecular formula is C17H15Cl2N3O2. The van der Waals surface area contributed by atoms with Gasteiger partial charge in [0.1, 0.15) is 17.3 Å². The number of nitrogens with two attached hydrogens (primary N) is 1. The summed E-state index contributed by atoms with van der Waals surface area (Å²) in [7, 11) is 3.04. The molecule has 3 aromatic rings. The van der Waals surface area contributed by atoms with Crippen LogP contribution in [0.2, 0.25) is 10.0 Å². The van der Waals surface area contributed by atoms with E-state index in [0.29, 0.717) is 38.6 Å². The van der Waals surface area contributed by atoms with Crippen LogP contribution < -0.4 is 15.2 Å². The summed E-state index contributed by atoms with van der Waals surface area (Å²) in [4.78, 5) is 8.75. The molecule has 0 amide bonds. The van der Waals surface area contributed by atoms with Crippen molar-refractivity contribution in [3.05, 3.63) is 40.1 Å². The molecule has 2 N–H and O–H groups in total. The van der Waals surface area contributed by atoms with Crippen LogP contribution in [0.25, 0.3) is 22.0 Å². The number of aryl methyl sites for hydroxylation is 1.